The molecule has 0 heterocycles. The van der Waals surface area contributed by atoms with Crippen molar-refractivity contribution in [3.63, 3.8) is 0 Å². The number of aliphatic hydroxyl groups is 1. The number of benzene rings is 1. The van der Waals surface area contributed by atoms with Gasteiger partial charge in [0.15, 0.2) is 0 Å². The number of hydrogen-bond donors (Lipinski definition) is 2. The van der Waals surface area contributed by atoms with E-state index in [2.05, 4.69) is 0 Å². The van der Waals surface area contributed by atoms with Crippen molar-refractivity contribution < 1.29 is 14.8 Å². The van der Waals surface area contributed by atoms with Crippen LogP contribution < -0.4 is 10.5 Å². The molecule has 0 amide bonds. The van der Waals surface area contributed by atoms with Gasteiger partial charge in [-0.1, -0.05) is 0 Å². The maximum absolute atomic E-state index is 10.7. The van der Waals surface area contributed by atoms with E-state index in [1.807, 2.05) is 0 Å². The molecule has 0 aliphatic rings. The first-order valence-electron chi connectivity index (χ1n) is 4.30. The van der Waals surface area contributed by atoms with Gasteiger partial charge < -0.3 is 15.6 Å². The number of aliphatic hydroxyl groups excluding tert-OH is 1. The number of nitro benzene ring substituents is 1. The summed E-state index contributed by atoms with van der Waals surface area (Å²) in [5.41, 5.74) is 5.25. The molecule has 1 atom stereocenters. The fraction of sp³-hybridized carbons (Fsp3) is 0.333. The Morgan fingerprint density at radius 1 is 1.67 bits per heavy atom. The van der Waals surface area contributed by atoms with Crippen LogP contribution in [0.3, 0.4) is 0 Å². The van der Waals surface area contributed by atoms with E-state index in [0.717, 1.165) is 0 Å². The minimum Gasteiger partial charge on any atom is -0.497 e. The lowest BCUT2D eigenvalue weighted by atomic mass is 10.1. The number of rotatable bonds is 4. The average Bonchev–Trinajstić information content (AvgIpc) is 2.27. The Morgan fingerprint density at radius 2 is 2.33 bits per heavy atom. The van der Waals surface area contributed by atoms with Gasteiger partial charge in [-0.3, -0.25) is 10.1 Å². The monoisotopic (exact) mass is 212 g/mol. The molecule has 82 valence electrons. The third-order valence-corrected chi connectivity index (χ3v) is 2.02. The zero-order valence-electron chi connectivity index (χ0n) is 8.21. The van der Waals surface area contributed by atoms with Crippen LogP contribution in [0.25, 0.3) is 0 Å². The minimum absolute atomic E-state index is 0.0623. The Hall–Kier alpha value is -1.66. The van der Waals surface area contributed by atoms with Crippen molar-refractivity contribution in [1.29, 1.82) is 0 Å². The van der Waals surface area contributed by atoms with Crippen molar-refractivity contribution in [3.8, 4) is 5.75 Å². The van der Waals surface area contributed by atoms with Gasteiger partial charge in [-0.15, -0.1) is 0 Å². The van der Waals surface area contributed by atoms with E-state index >= 15 is 0 Å². The van der Waals surface area contributed by atoms with E-state index in [1.54, 1.807) is 6.07 Å². The van der Waals surface area contributed by atoms with E-state index in [-0.39, 0.29) is 17.8 Å². The maximum Gasteiger partial charge on any atom is 0.278 e. The molecule has 0 aromatic heterocycles. The summed E-state index contributed by atoms with van der Waals surface area (Å²) < 4.78 is 4.86. The number of nitrogens with zero attached hydrogens (tertiary/aromatic N) is 1. The zero-order valence-corrected chi connectivity index (χ0v) is 8.21. The van der Waals surface area contributed by atoms with Gasteiger partial charge in [0.25, 0.3) is 5.69 Å². The van der Waals surface area contributed by atoms with Gasteiger partial charge in [-0.2, -0.15) is 0 Å². The molecule has 0 unspecified atom stereocenters. The molecule has 6 nitrogen and oxygen atoms in total. The van der Waals surface area contributed by atoms with Gasteiger partial charge in [0, 0.05) is 6.54 Å². The normalized spacial score (nSPS) is 12.2. The molecule has 1 aromatic carbocycles. The van der Waals surface area contributed by atoms with E-state index < -0.39 is 11.0 Å². The largest absolute Gasteiger partial charge is 0.497 e. The van der Waals surface area contributed by atoms with Crippen molar-refractivity contribution in [2.24, 2.45) is 5.73 Å². The SMILES string of the molecule is COc1ccc([C@H](O)CN)c([N+](=O)[O-])c1. The second-order valence-corrected chi connectivity index (χ2v) is 2.93. The maximum atomic E-state index is 10.7. The Labute approximate surface area is 86.4 Å². The highest BCUT2D eigenvalue weighted by molar-refractivity contribution is 5.47. The summed E-state index contributed by atoms with van der Waals surface area (Å²) >= 11 is 0. The Morgan fingerprint density at radius 3 is 2.80 bits per heavy atom. The molecule has 0 saturated carbocycles. The van der Waals surface area contributed by atoms with Crippen LogP contribution in [0.2, 0.25) is 0 Å². The summed E-state index contributed by atoms with van der Waals surface area (Å²) in [7, 11) is 1.41. The van der Waals surface area contributed by atoms with E-state index in [1.165, 1.54) is 19.2 Å². The van der Waals surface area contributed by atoms with Crippen LogP contribution in [0.4, 0.5) is 5.69 Å². The Balaban J connectivity index is 3.21. The third kappa shape index (κ3) is 2.42. The second-order valence-electron chi connectivity index (χ2n) is 2.93. The van der Waals surface area contributed by atoms with Gasteiger partial charge in [0.1, 0.15) is 5.75 Å². The summed E-state index contributed by atoms with van der Waals surface area (Å²) in [5.74, 6) is 0.370. The fourth-order valence-corrected chi connectivity index (χ4v) is 1.22. The van der Waals surface area contributed by atoms with Crippen LogP contribution in [-0.2, 0) is 0 Å². The van der Waals surface area contributed by atoms with Crippen LogP contribution >= 0.6 is 0 Å². The van der Waals surface area contributed by atoms with Crippen LogP contribution in [-0.4, -0.2) is 23.7 Å². The molecule has 0 aliphatic carbocycles. The minimum atomic E-state index is -1.03. The van der Waals surface area contributed by atoms with Crippen molar-refractivity contribution >= 4 is 5.69 Å². The molecular weight excluding hydrogens is 200 g/mol. The predicted octanol–water partition coefficient (Wildman–Crippen LogP) is 0.596. The molecule has 1 rings (SSSR count). The number of hydrogen-bond acceptors (Lipinski definition) is 5. The quantitative estimate of drug-likeness (QED) is 0.562. The Bertz CT molecular complexity index is 367. The molecule has 0 spiro atoms. The molecule has 0 aliphatic heterocycles. The van der Waals surface area contributed by atoms with Crippen LogP contribution in [0.15, 0.2) is 18.2 Å². The molecular formula is C9H12N2O4. The highest BCUT2D eigenvalue weighted by atomic mass is 16.6. The molecule has 15 heavy (non-hydrogen) atoms. The Kier molecular flexibility index (Phi) is 3.59. The van der Waals surface area contributed by atoms with E-state index in [4.69, 9.17) is 10.5 Å². The summed E-state index contributed by atoms with van der Waals surface area (Å²) in [6.07, 6.45) is -1.03. The number of nitro groups is 1. The van der Waals surface area contributed by atoms with Crippen LogP contribution in [0, 0.1) is 10.1 Å². The average molecular weight is 212 g/mol. The lowest BCUT2D eigenvalue weighted by Gasteiger charge is -2.09. The first-order valence-corrected chi connectivity index (χ1v) is 4.30. The standard InChI is InChI=1S/C9H12N2O4/c1-15-6-2-3-7(9(12)5-10)8(4-6)11(13)14/h2-4,9,12H,5,10H2,1H3/t9-/m1/s1. The first-order chi connectivity index (χ1) is 7.10. The topological polar surface area (TPSA) is 98.6 Å². The van der Waals surface area contributed by atoms with Crippen molar-refractivity contribution in [3.05, 3.63) is 33.9 Å². The number of methoxy groups -OCH3 is 1. The summed E-state index contributed by atoms with van der Waals surface area (Å²) in [6.45, 7) is -0.0623. The zero-order chi connectivity index (χ0) is 11.4. The highest BCUT2D eigenvalue weighted by Crippen LogP contribution is 2.28. The van der Waals surface area contributed by atoms with Crippen LogP contribution in [0.5, 0.6) is 5.75 Å². The van der Waals surface area contributed by atoms with Gasteiger partial charge in [-0.25, -0.2) is 0 Å². The molecule has 1 aromatic rings. The summed E-state index contributed by atoms with van der Waals surface area (Å²) in [6, 6.07) is 4.24. The van der Waals surface area contributed by atoms with Crippen molar-refractivity contribution in [2.45, 2.75) is 6.10 Å². The van der Waals surface area contributed by atoms with E-state index in [9.17, 15) is 15.2 Å². The van der Waals surface area contributed by atoms with Crippen molar-refractivity contribution in [2.75, 3.05) is 13.7 Å². The molecule has 0 radical (unpaired) electrons. The predicted molar refractivity (Wildman–Crippen MR) is 53.7 cm³/mol. The van der Waals surface area contributed by atoms with Gasteiger partial charge in [-0.05, 0) is 12.1 Å². The molecule has 6 heteroatoms. The van der Waals surface area contributed by atoms with Gasteiger partial charge in [0.2, 0.25) is 0 Å². The van der Waals surface area contributed by atoms with Gasteiger partial charge in [0.05, 0.1) is 29.8 Å². The lowest BCUT2D eigenvalue weighted by molar-refractivity contribution is -0.386. The highest BCUT2D eigenvalue weighted by Gasteiger charge is 2.20. The number of nitrogens with two attached hydrogens (primary N) is 1. The molecule has 0 bridgehead atoms. The summed E-state index contributed by atoms with van der Waals surface area (Å²) in [5, 5.41) is 20.2. The van der Waals surface area contributed by atoms with Crippen LogP contribution in [0.1, 0.15) is 11.7 Å². The molecule has 0 fully saturated rings. The third-order valence-electron chi connectivity index (χ3n) is 2.02. The summed E-state index contributed by atoms with van der Waals surface area (Å²) in [4.78, 5) is 10.1. The van der Waals surface area contributed by atoms with Gasteiger partial charge >= 0.3 is 0 Å². The number of ether oxygens (including phenoxy) is 1. The molecule has 0 saturated heterocycles. The van der Waals surface area contributed by atoms with Crippen molar-refractivity contribution in [1.82, 2.24) is 0 Å². The van der Waals surface area contributed by atoms with E-state index in [0.29, 0.717) is 5.75 Å². The first kappa shape index (κ1) is 11.4. The fourth-order valence-electron chi connectivity index (χ4n) is 1.22. The molecule has 3 N–H and O–H groups in total. The smallest absolute Gasteiger partial charge is 0.278 e. The second kappa shape index (κ2) is 4.72. The lowest BCUT2D eigenvalue weighted by Crippen LogP contribution is -2.13.